The fourth-order valence-corrected chi connectivity index (χ4v) is 2.11. The summed E-state index contributed by atoms with van der Waals surface area (Å²) in [6, 6.07) is -0.980. The van der Waals surface area contributed by atoms with E-state index in [1.807, 2.05) is 6.08 Å². The number of ketones is 1. The number of amides is 1. The highest BCUT2D eigenvalue weighted by Crippen LogP contribution is 2.04. The van der Waals surface area contributed by atoms with Crippen LogP contribution in [-0.2, 0) is 14.4 Å². The van der Waals surface area contributed by atoms with Gasteiger partial charge in [-0.05, 0) is 39.0 Å². The summed E-state index contributed by atoms with van der Waals surface area (Å²) in [5.74, 6) is -1.40. The van der Waals surface area contributed by atoms with E-state index in [1.54, 1.807) is 19.1 Å². The number of carbonyl (C=O) groups is 3. The molecule has 0 fully saturated rings. The van der Waals surface area contributed by atoms with Gasteiger partial charge in [0.15, 0.2) is 5.96 Å². The molecular weight excluding hydrogens is 336 g/mol. The van der Waals surface area contributed by atoms with Crippen molar-refractivity contribution in [2.45, 2.75) is 57.9 Å². The van der Waals surface area contributed by atoms with Crippen molar-refractivity contribution in [2.24, 2.45) is 16.5 Å². The Hall–Kier alpha value is -2.64. The highest BCUT2D eigenvalue weighted by atomic mass is 16.4. The van der Waals surface area contributed by atoms with Crippen molar-refractivity contribution in [3.8, 4) is 0 Å². The van der Waals surface area contributed by atoms with Crippen LogP contribution < -0.4 is 16.8 Å². The van der Waals surface area contributed by atoms with E-state index in [4.69, 9.17) is 16.6 Å². The van der Waals surface area contributed by atoms with Gasteiger partial charge in [-0.3, -0.25) is 9.79 Å². The fraction of sp³-hybridized carbons (Fsp3) is 0.556. The van der Waals surface area contributed by atoms with Crippen LogP contribution in [-0.4, -0.2) is 41.3 Å². The Morgan fingerprint density at radius 2 is 1.85 bits per heavy atom. The molecule has 1 amide bonds. The molecule has 8 nitrogen and oxygen atoms in total. The average molecular weight is 366 g/mol. The Labute approximate surface area is 154 Å². The second-order valence-corrected chi connectivity index (χ2v) is 5.94. The van der Waals surface area contributed by atoms with Crippen LogP contribution in [0.25, 0.3) is 0 Å². The molecule has 0 aromatic rings. The van der Waals surface area contributed by atoms with Gasteiger partial charge in [0.05, 0.1) is 0 Å². The third-order valence-electron chi connectivity index (χ3n) is 3.45. The van der Waals surface area contributed by atoms with Crippen LogP contribution in [0.4, 0.5) is 0 Å². The molecule has 0 radical (unpaired) electrons. The van der Waals surface area contributed by atoms with E-state index in [0.29, 0.717) is 19.4 Å². The third kappa shape index (κ3) is 14.9. The van der Waals surface area contributed by atoms with Gasteiger partial charge in [-0.25, -0.2) is 4.79 Å². The lowest BCUT2D eigenvalue weighted by Crippen LogP contribution is -2.40. The van der Waals surface area contributed by atoms with E-state index in [9.17, 15) is 14.4 Å². The molecule has 0 aliphatic rings. The number of unbranched alkanes of at least 4 members (excludes halogenated alkanes) is 3. The molecule has 0 aliphatic carbocycles. The maximum Gasteiger partial charge on any atom is 0.326 e. The highest BCUT2D eigenvalue weighted by Gasteiger charge is 2.17. The van der Waals surface area contributed by atoms with Crippen LogP contribution in [0.5, 0.6) is 0 Å². The molecule has 6 N–H and O–H groups in total. The lowest BCUT2D eigenvalue weighted by molar-refractivity contribution is -0.141. The number of aliphatic imine (C=N–C) groups is 1. The standard InChI is InChI=1S/C18H30N4O4/c1-14(23)10-7-5-3-2-4-6-8-12-16(24)22-15(17(25)26)11-9-13-21-18(19)20/h4,6,8,12,15H,2-3,5,7,9-11,13H2,1H3,(H,22,24)(H,25,26)(H4,19,20,21)/b6-4+,12-8+/t15-/m0/s1. The monoisotopic (exact) mass is 366 g/mol. The predicted octanol–water partition coefficient (Wildman–Crippen LogP) is 1.26. The maximum atomic E-state index is 11.7. The summed E-state index contributed by atoms with van der Waals surface area (Å²) in [5.41, 5.74) is 10.4. The quantitative estimate of drug-likeness (QED) is 0.120. The van der Waals surface area contributed by atoms with Gasteiger partial charge in [-0.2, -0.15) is 0 Å². The first kappa shape index (κ1) is 23.4. The summed E-state index contributed by atoms with van der Waals surface area (Å²) in [5, 5.41) is 11.6. The Bertz CT molecular complexity index is 537. The molecule has 26 heavy (non-hydrogen) atoms. The lowest BCUT2D eigenvalue weighted by Gasteiger charge is -2.12. The number of rotatable bonds is 14. The number of hydrogen-bond acceptors (Lipinski definition) is 4. The molecule has 146 valence electrons. The fourth-order valence-electron chi connectivity index (χ4n) is 2.11. The summed E-state index contributed by atoms with van der Waals surface area (Å²) < 4.78 is 0. The first-order chi connectivity index (χ1) is 12.3. The van der Waals surface area contributed by atoms with Gasteiger partial charge in [0.1, 0.15) is 11.8 Å². The van der Waals surface area contributed by atoms with E-state index in [1.165, 1.54) is 6.08 Å². The number of aliphatic carboxylic acids is 1. The number of nitrogens with one attached hydrogen (secondary N) is 1. The van der Waals surface area contributed by atoms with Crippen molar-refractivity contribution in [3.63, 3.8) is 0 Å². The molecular formula is C18H30N4O4. The molecule has 0 aromatic carbocycles. The number of carboxylic acid groups (broad SMARTS) is 1. The Kier molecular flexibility index (Phi) is 13.2. The van der Waals surface area contributed by atoms with E-state index >= 15 is 0 Å². The number of nitrogens with two attached hydrogens (primary N) is 2. The van der Waals surface area contributed by atoms with Crippen LogP contribution in [0.15, 0.2) is 29.3 Å². The normalized spacial score (nSPS) is 12.2. The second kappa shape index (κ2) is 14.7. The zero-order valence-corrected chi connectivity index (χ0v) is 15.3. The van der Waals surface area contributed by atoms with Crippen molar-refractivity contribution in [2.75, 3.05) is 6.54 Å². The summed E-state index contributed by atoms with van der Waals surface area (Å²) in [6.07, 6.45) is 11.6. The molecule has 0 saturated carbocycles. The Morgan fingerprint density at radius 1 is 1.12 bits per heavy atom. The zero-order chi connectivity index (χ0) is 19.8. The summed E-state index contributed by atoms with van der Waals surface area (Å²) >= 11 is 0. The maximum absolute atomic E-state index is 11.7. The minimum absolute atomic E-state index is 0.0468. The molecule has 1 atom stereocenters. The number of carboxylic acids is 1. The predicted molar refractivity (Wildman–Crippen MR) is 102 cm³/mol. The Morgan fingerprint density at radius 3 is 2.46 bits per heavy atom. The van der Waals surface area contributed by atoms with Gasteiger partial charge in [-0.15, -0.1) is 0 Å². The van der Waals surface area contributed by atoms with Crippen LogP contribution in [0, 0.1) is 0 Å². The van der Waals surface area contributed by atoms with Gasteiger partial charge in [0.2, 0.25) is 5.91 Å². The van der Waals surface area contributed by atoms with Crippen LogP contribution in [0.2, 0.25) is 0 Å². The highest BCUT2D eigenvalue weighted by molar-refractivity contribution is 5.91. The number of nitrogens with zero attached hydrogens (tertiary/aromatic N) is 1. The van der Waals surface area contributed by atoms with Gasteiger partial charge < -0.3 is 26.7 Å². The number of carbonyl (C=O) groups excluding carboxylic acids is 2. The number of hydrogen-bond donors (Lipinski definition) is 4. The van der Waals surface area contributed by atoms with E-state index in [-0.39, 0.29) is 18.2 Å². The minimum Gasteiger partial charge on any atom is -0.480 e. The van der Waals surface area contributed by atoms with E-state index in [0.717, 1.165) is 25.7 Å². The molecule has 0 aromatic heterocycles. The Balaban J connectivity index is 4.04. The molecule has 0 bridgehead atoms. The SMILES string of the molecule is CC(=O)CCCCC/C=C/C=C/C(=O)N[C@@H](CCCN=C(N)N)C(=O)O. The van der Waals surface area contributed by atoms with Crippen molar-refractivity contribution >= 4 is 23.6 Å². The van der Waals surface area contributed by atoms with E-state index < -0.39 is 17.9 Å². The molecule has 0 saturated heterocycles. The van der Waals surface area contributed by atoms with Crippen molar-refractivity contribution in [3.05, 3.63) is 24.3 Å². The van der Waals surface area contributed by atoms with Crippen molar-refractivity contribution in [1.82, 2.24) is 5.32 Å². The molecule has 0 unspecified atom stereocenters. The van der Waals surface area contributed by atoms with Crippen LogP contribution in [0.3, 0.4) is 0 Å². The van der Waals surface area contributed by atoms with Gasteiger partial charge in [0.25, 0.3) is 0 Å². The topological polar surface area (TPSA) is 148 Å². The number of guanidine groups is 1. The molecule has 8 heteroatoms. The van der Waals surface area contributed by atoms with Crippen LogP contribution >= 0.6 is 0 Å². The zero-order valence-electron chi connectivity index (χ0n) is 15.3. The summed E-state index contributed by atoms with van der Waals surface area (Å²) in [7, 11) is 0. The van der Waals surface area contributed by atoms with Crippen LogP contribution in [0.1, 0.15) is 51.9 Å². The van der Waals surface area contributed by atoms with Gasteiger partial charge in [-0.1, -0.05) is 24.6 Å². The van der Waals surface area contributed by atoms with Gasteiger partial charge >= 0.3 is 5.97 Å². The van der Waals surface area contributed by atoms with Crippen molar-refractivity contribution < 1.29 is 19.5 Å². The van der Waals surface area contributed by atoms with Crippen molar-refractivity contribution in [1.29, 1.82) is 0 Å². The molecule has 0 rings (SSSR count). The minimum atomic E-state index is -1.10. The first-order valence-corrected chi connectivity index (χ1v) is 8.74. The second-order valence-electron chi connectivity index (χ2n) is 5.94. The largest absolute Gasteiger partial charge is 0.480 e. The first-order valence-electron chi connectivity index (χ1n) is 8.74. The molecule has 0 aliphatic heterocycles. The van der Waals surface area contributed by atoms with Gasteiger partial charge in [0, 0.05) is 19.0 Å². The summed E-state index contributed by atoms with van der Waals surface area (Å²) in [6.45, 7) is 1.90. The lowest BCUT2D eigenvalue weighted by atomic mass is 10.1. The molecule has 0 heterocycles. The molecule has 0 spiro atoms. The average Bonchev–Trinajstić information content (AvgIpc) is 2.55. The number of allylic oxidation sites excluding steroid dienone is 3. The van der Waals surface area contributed by atoms with E-state index in [2.05, 4.69) is 10.3 Å². The smallest absolute Gasteiger partial charge is 0.326 e. The number of Topliss-reactive ketones (excluding diaryl/α,β-unsaturated/α-hetero) is 1. The summed E-state index contributed by atoms with van der Waals surface area (Å²) in [4.78, 5) is 37.4. The third-order valence-corrected chi connectivity index (χ3v) is 3.45.